The Morgan fingerprint density at radius 2 is 1.78 bits per heavy atom. The van der Waals surface area contributed by atoms with Gasteiger partial charge in [-0.05, 0) is 56.0 Å². The molecule has 16 heteroatoms. The van der Waals surface area contributed by atoms with Gasteiger partial charge in [-0.3, -0.25) is 4.79 Å². The summed E-state index contributed by atoms with van der Waals surface area (Å²) in [6.07, 6.45) is 2.46. The summed E-state index contributed by atoms with van der Waals surface area (Å²) in [5.41, 5.74) is 4.38. The molecule has 3 N–H and O–H groups in total. The average Bonchev–Trinajstić information content (AvgIpc) is 3.92. The largest absolute Gasteiger partial charge is 0.481 e. The summed E-state index contributed by atoms with van der Waals surface area (Å²) in [7, 11) is 4.74. The highest BCUT2D eigenvalue weighted by molar-refractivity contribution is 6.39. The Morgan fingerprint density at radius 1 is 1.02 bits per heavy atom. The number of aryl methyl sites for hydroxylation is 2. The number of carbonyl (C=O) groups is 1. The number of fused-ring (bicyclic) bond motifs is 2. The Labute approximate surface area is 326 Å². The molecule has 3 aliphatic rings. The van der Waals surface area contributed by atoms with Crippen molar-refractivity contribution in [2.45, 2.75) is 37.6 Å². The van der Waals surface area contributed by atoms with Crippen LogP contribution in [0.25, 0.3) is 33.2 Å². The molecule has 0 radical (unpaired) electrons. The fourth-order valence-corrected chi connectivity index (χ4v) is 7.98. The van der Waals surface area contributed by atoms with Crippen LogP contribution in [0.1, 0.15) is 36.1 Å². The van der Waals surface area contributed by atoms with Crippen molar-refractivity contribution in [1.29, 1.82) is 0 Å². The summed E-state index contributed by atoms with van der Waals surface area (Å²) < 4.78 is 39.0. The quantitative estimate of drug-likeness (QED) is 0.145. The van der Waals surface area contributed by atoms with Gasteiger partial charge in [0, 0.05) is 61.4 Å². The van der Waals surface area contributed by atoms with Crippen molar-refractivity contribution >= 4 is 51.5 Å². The van der Waals surface area contributed by atoms with Gasteiger partial charge in [0.05, 0.1) is 52.3 Å². The minimum atomic E-state index is -2.85. The molecule has 8 rings (SSSR count). The number of aromatic nitrogens is 4. The van der Waals surface area contributed by atoms with Crippen molar-refractivity contribution in [3.63, 3.8) is 0 Å². The van der Waals surface area contributed by atoms with Crippen molar-refractivity contribution in [2.75, 3.05) is 52.3 Å². The first-order valence-corrected chi connectivity index (χ1v) is 18.6. The summed E-state index contributed by atoms with van der Waals surface area (Å²) in [6, 6.07) is 14.1. The second-order valence-electron chi connectivity index (χ2n) is 13.8. The second kappa shape index (κ2) is 16.1. The predicted octanol–water partition coefficient (Wildman–Crippen LogP) is 6.93. The van der Waals surface area contributed by atoms with Gasteiger partial charge in [-0.1, -0.05) is 53.5 Å². The van der Waals surface area contributed by atoms with Gasteiger partial charge >= 0.3 is 6.03 Å². The number of rotatable bonds is 9. The number of amides is 2. The maximum atomic E-state index is 13.7. The Hall–Kier alpha value is -4.89. The molecule has 1 atom stereocenters. The van der Waals surface area contributed by atoms with E-state index in [0.717, 1.165) is 67.2 Å². The SMILES string of the molecule is COCCN1CC2(CCNC2)NC1=O.COc1nc(-c2cccc(-c3cccc(Nc4nc(C(F)F)cc5cnn(C)c(=O)c45)c3Cl)c2Cl)cc2c1CCC2. The summed E-state index contributed by atoms with van der Waals surface area (Å²) in [5, 5.41) is 14.4. The van der Waals surface area contributed by atoms with E-state index >= 15 is 0 Å². The number of halogens is 4. The fraction of sp³-hybridized carbons (Fsp3) is 0.359. The molecule has 288 valence electrons. The molecule has 2 aromatic carbocycles. The van der Waals surface area contributed by atoms with Crippen LogP contribution >= 0.6 is 23.2 Å². The number of ether oxygens (including phenoxy) is 2. The zero-order chi connectivity index (χ0) is 38.9. The monoisotopic (exact) mass is 792 g/mol. The Bertz CT molecular complexity index is 2320. The Kier molecular flexibility index (Phi) is 11.2. The number of alkyl halides is 2. The highest BCUT2D eigenvalue weighted by atomic mass is 35.5. The van der Waals surface area contributed by atoms with Gasteiger partial charge in [-0.15, -0.1) is 0 Å². The van der Waals surface area contributed by atoms with Gasteiger partial charge in [-0.2, -0.15) is 5.10 Å². The number of nitrogens with one attached hydrogen (secondary N) is 3. The summed E-state index contributed by atoms with van der Waals surface area (Å²) >= 11 is 13.9. The maximum Gasteiger partial charge on any atom is 0.318 e. The van der Waals surface area contributed by atoms with Crippen LogP contribution in [-0.4, -0.2) is 83.2 Å². The first-order chi connectivity index (χ1) is 26.5. The lowest BCUT2D eigenvalue weighted by atomic mass is 9.99. The third-order valence-corrected chi connectivity index (χ3v) is 11.0. The van der Waals surface area contributed by atoms with Crippen molar-refractivity contribution in [3.8, 4) is 28.3 Å². The lowest BCUT2D eigenvalue weighted by Gasteiger charge is -2.21. The van der Waals surface area contributed by atoms with Crippen LogP contribution in [0, 0.1) is 0 Å². The number of hydrogen-bond acceptors (Lipinski definition) is 9. The average molecular weight is 794 g/mol. The molecule has 1 spiro atoms. The minimum absolute atomic E-state index is 0.00910. The van der Waals surface area contributed by atoms with Gasteiger partial charge in [0.2, 0.25) is 5.88 Å². The number of hydrogen-bond donors (Lipinski definition) is 3. The van der Waals surface area contributed by atoms with Crippen LogP contribution in [0.3, 0.4) is 0 Å². The molecule has 55 heavy (non-hydrogen) atoms. The molecule has 2 amide bonds. The van der Waals surface area contributed by atoms with Crippen LogP contribution in [0.2, 0.25) is 10.0 Å². The number of carbonyl (C=O) groups excluding carboxylic acids is 1. The molecular formula is C39H40Cl2F2N8O4. The summed E-state index contributed by atoms with van der Waals surface area (Å²) in [6.45, 7) is 3.99. The zero-order valence-electron chi connectivity index (χ0n) is 30.5. The van der Waals surface area contributed by atoms with Crippen LogP contribution in [-0.2, 0) is 24.6 Å². The van der Waals surface area contributed by atoms with Gasteiger partial charge < -0.3 is 30.3 Å². The zero-order valence-corrected chi connectivity index (χ0v) is 32.0. The number of nitrogens with zero attached hydrogens (tertiary/aromatic N) is 5. The van der Waals surface area contributed by atoms with Crippen molar-refractivity contribution in [1.82, 2.24) is 35.3 Å². The summed E-state index contributed by atoms with van der Waals surface area (Å²) in [4.78, 5) is 35.1. The van der Waals surface area contributed by atoms with Crippen LogP contribution < -0.4 is 26.2 Å². The molecule has 2 saturated heterocycles. The van der Waals surface area contributed by atoms with E-state index in [4.69, 9.17) is 37.7 Å². The molecule has 0 bridgehead atoms. The predicted molar refractivity (Wildman–Crippen MR) is 209 cm³/mol. The fourth-order valence-electron chi connectivity index (χ4n) is 7.38. The number of anilines is 2. The van der Waals surface area contributed by atoms with Crippen molar-refractivity contribution in [2.24, 2.45) is 7.05 Å². The van der Waals surface area contributed by atoms with Gasteiger partial charge in [-0.25, -0.2) is 28.2 Å². The molecular weight excluding hydrogens is 753 g/mol. The first kappa shape index (κ1) is 38.4. The lowest BCUT2D eigenvalue weighted by molar-refractivity contribution is 0.146. The standard InChI is InChI=1S/C30H23Cl2F2N5O2.C9H17N3O2/c1-39-30(40)24-16(14-35-39)13-23(27(33)34)37-28(24)36-21-11-5-9-19(26(21)32)18-8-4-10-20(25(18)31)22-12-15-6-3-7-17(15)29(38-22)41-2;1-14-5-4-12-7-9(11-8(12)13)2-3-10-6-9/h4-5,8-14,27H,3,6-7H2,1-2H3,(H,36,37);10H,2-7H2,1H3,(H,11,13). The molecule has 12 nitrogen and oxygen atoms in total. The molecule has 1 aliphatic carbocycles. The topological polar surface area (TPSA) is 136 Å². The molecule has 0 saturated carbocycles. The van der Waals surface area contributed by atoms with Crippen LogP contribution in [0.4, 0.5) is 25.1 Å². The Balaban J connectivity index is 0.000000278. The third-order valence-electron chi connectivity index (χ3n) is 10.2. The van der Waals surface area contributed by atoms with Crippen molar-refractivity contribution < 1.29 is 23.0 Å². The van der Waals surface area contributed by atoms with Gasteiger partial charge in [0.1, 0.15) is 11.5 Å². The van der Waals surface area contributed by atoms with Crippen LogP contribution in [0.5, 0.6) is 5.88 Å². The number of methoxy groups -OCH3 is 2. The lowest BCUT2D eigenvalue weighted by Crippen LogP contribution is -2.45. The highest BCUT2D eigenvalue weighted by Crippen LogP contribution is 2.43. The molecule has 1 unspecified atom stereocenters. The number of urea groups is 1. The van der Waals surface area contributed by atoms with Crippen LogP contribution in [0.15, 0.2) is 59.5 Å². The van der Waals surface area contributed by atoms with E-state index in [0.29, 0.717) is 46.6 Å². The smallest absolute Gasteiger partial charge is 0.318 e. The molecule has 3 aromatic heterocycles. The highest BCUT2D eigenvalue weighted by Gasteiger charge is 2.44. The molecule has 2 fully saturated rings. The maximum absolute atomic E-state index is 13.7. The molecule has 5 heterocycles. The van der Waals surface area contributed by atoms with Gasteiger partial charge in [0.15, 0.2) is 0 Å². The van der Waals surface area contributed by atoms with E-state index in [-0.39, 0.29) is 33.2 Å². The number of benzene rings is 2. The molecule has 2 aliphatic heterocycles. The second-order valence-corrected chi connectivity index (χ2v) is 14.5. The first-order valence-electron chi connectivity index (χ1n) is 17.9. The third kappa shape index (κ3) is 7.68. The van der Waals surface area contributed by atoms with E-state index in [9.17, 15) is 18.4 Å². The van der Waals surface area contributed by atoms with E-state index in [1.165, 1.54) is 18.8 Å². The van der Waals surface area contributed by atoms with Crippen molar-refractivity contribution in [3.05, 3.63) is 91.9 Å². The minimum Gasteiger partial charge on any atom is -0.481 e. The number of pyridine rings is 2. The van der Waals surface area contributed by atoms with E-state index < -0.39 is 17.7 Å². The normalized spacial score (nSPS) is 17.5. The van der Waals surface area contributed by atoms with E-state index in [1.54, 1.807) is 32.4 Å². The summed E-state index contributed by atoms with van der Waals surface area (Å²) in [5.74, 6) is 0.557. The molecule has 5 aromatic rings. The van der Waals surface area contributed by atoms with E-state index in [2.05, 4.69) is 32.1 Å². The van der Waals surface area contributed by atoms with E-state index in [1.807, 2.05) is 23.1 Å². The Morgan fingerprint density at radius 3 is 2.51 bits per heavy atom. The van der Waals surface area contributed by atoms with Gasteiger partial charge in [0.25, 0.3) is 12.0 Å².